The fraction of sp³-hybridized carbons (Fsp3) is 0.190. The molecular weight excluding hydrogens is 372 g/mol. The topological polar surface area (TPSA) is 71.1 Å². The van der Waals surface area contributed by atoms with Crippen LogP contribution in [-0.2, 0) is 17.7 Å². The van der Waals surface area contributed by atoms with E-state index in [-0.39, 0.29) is 5.97 Å². The zero-order valence-corrected chi connectivity index (χ0v) is 16.1. The minimum atomic E-state index is -0.318. The summed E-state index contributed by atoms with van der Waals surface area (Å²) in [6.45, 7) is 1.62. The highest BCUT2D eigenvalue weighted by atomic mass is 32.1. The number of aromatic amines is 1. The molecule has 1 aliphatic heterocycles. The Kier molecular flexibility index (Phi) is 4.09. The Morgan fingerprint density at radius 3 is 2.86 bits per heavy atom. The van der Waals surface area contributed by atoms with Gasteiger partial charge < -0.3 is 14.6 Å². The quantitative estimate of drug-likeness (QED) is 0.535. The van der Waals surface area contributed by atoms with Crippen LogP contribution >= 0.6 is 11.3 Å². The van der Waals surface area contributed by atoms with Gasteiger partial charge in [-0.05, 0) is 18.2 Å². The molecule has 3 heterocycles. The molecule has 0 atom stereocenters. The van der Waals surface area contributed by atoms with Crippen molar-refractivity contribution in [1.29, 1.82) is 0 Å². The van der Waals surface area contributed by atoms with Gasteiger partial charge in [0.25, 0.3) is 0 Å². The molecule has 0 unspecified atom stereocenters. The summed E-state index contributed by atoms with van der Waals surface area (Å²) in [5, 5.41) is 11.7. The van der Waals surface area contributed by atoms with E-state index in [0.717, 1.165) is 46.1 Å². The van der Waals surface area contributed by atoms with Gasteiger partial charge in [-0.2, -0.15) is 0 Å². The second-order valence-corrected chi connectivity index (χ2v) is 7.72. The third kappa shape index (κ3) is 2.84. The number of esters is 1. The van der Waals surface area contributed by atoms with Crippen molar-refractivity contribution in [1.82, 2.24) is 15.2 Å². The zero-order valence-electron chi connectivity index (χ0n) is 15.3. The van der Waals surface area contributed by atoms with Crippen LogP contribution in [0.5, 0.6) is 0 Å². The first kappa shape index (κ1) is 16.9. The Bertz CT molecular complexity index is 1170. The molecule has 6 nitrogen and oxygen atoms in total. The Balaban J connectivity index is 1.47. The monoisotopic (exact) mass is 390 g/mol. The predicted molar refractivity (Wildman–Crippen MR) is 110 cm³/mol. The number of fused-ring (bicyclic) bond motifs is 3. The maximum absolute atomic E-state index is 11.9. The Hall–Kier alpha value is -3.19. The fourth-order valence-corrected chi connectivity index (χ4v) is 4.54. The van der Waals surface area contributed by atoms with Crippen molar-refractivity contribution in [2.24, 2.45) is 0 Å². The van der Waals surface area contributed by atoms with Crippen LogP contribution in [0.1, 0.15) is 21.6 Å². The van der Waals surface area contributed by atoms with Crippen LogP contribution in [0.3, 0.4) is 0 Å². The number of ether oxygens (including phenoxy) is 1. The first-order chi connectivity index (χ1) is 13.7. The normalized spacial score (nSPS) is 13.5. The predicted octanol–water partition coefficient (Wildman–Crippen LogP) is 4.04. The lowest BCUT2D eigenvalue weighted by Gasteiger charge is -2.26. The van der Waals surface area contributed by atoms with Gasteiger partial charge in [0, 0.05) is 47.2 Å². The number of methoxy groups -OCH3 is 1. The standard InChI is InChI=1S/C21H18N4O2S/c1-27-20(26)14-7-8-17-15(11-14)16-12-25(10-9-18(16)22-17)21-24-23-19(28-21)13-5-3-2-4-6-13/h2-8,11,22H,9-10,12H2,1H3. The molecule has 140 valence electrons. The number of nitrogens with one attached hydrogen (secondary N) is 1. The van der Waals surface area contributed by atoms with Crippen molar-refractivity contribution in [2.45, 2.75) is 13.0 Å². The molecule has 0 aliphatic carbocycles. The second-order valence-electron chi connectivity index (χ2n) is 6.76. The fourth-order valence-electron chi connectivity index (χ4n) is 3.66. The van der Waals surface area contributed by atoms with Gasteiger partial charge in [-0.15, -0.1) is 10.2 Å². The smallest absolute Gasteiger partial charge is 0.337 e. The van der Waals surface area contributed by atoms with Gasteiger partial charge in [0.05, 0.1) is 12.7 Å². The van der Waals surface area contributed by atoms with E-state index in [0.29, 0.717) is 5.56 Å². The number of rotatable bonds is 3. The number of benzene rings is 2. The van der Waals surface area contributed by atoms with Gasteiger partial charge in [0.2, 0.25) is 5.13 Å². The van der Waals surface area contributed by atoms with Crippen LogP contribution in [0.4, 0.5) is 5.13 Å². The lowest BCUT2D eigenvalue weighted by Crippen LogP contribution is -2.29. The SMILES string of the molecule is COC(=O)c1ccc2[nH]c3c(c2c1)CN(c1nnc(-c2ccccc2)s1)CC3. The third-order valence-electron chi connectivity index (χ3n) is 5.10. The first-order valence-corrected chi connectivity index (χ1v) is 9.90. The van der Waals surface area contributed by atoms with Crippen LogP contribution in [0.25, 0.3) is 21.5 Å². The maximum Gasteiger partial charge on any atom is 0.337 e. The van der Waals surface area contributed by atoms with Crippen molar-refractivity contribution in [3.05, 3.63) is 65.4 Å². The molecule has 0 bridgehead atoms. The van der Waals surface area contributed by atoms with Crippen molar-refractivity contribution in [2.75, 3.05) is 18.6 Å². The molecule has 0 fully saturated rings. The summed E-state index contributed by atoms with van der Waals surface area (Å²) >= 11 is 1.61. The molecular formula is C21H18N4O2S. The van der Waals surface area contributed by atoms with E-state index in [4.69, 9.17) is 4.74 Å². The van der Waals surface area contributed by atoms with Gasteiger partial charge in [-0.25, -0.2) is 4.79 Å². The third-order valence-corrected chi connectivity index (χ3v) is 6.14. The summed E-state index contributed by atoms with van der Waals surface area (Å²) < 4.78 is 4.86. The zero-order chi connectivity index (χ0) is 19.1. The highest BCUT2D eigenvalue weighted by molar-refractivity contribution is 7.18. The summed E-state index contributed by atoms with van der Waals surface area (Å²) in [6.07, 6.45) is 0.901. The molecule has 4 aromatic rings. The van der Waals surface area contributed by atoms with Gasteiger partial charge in [-0.1, -0.05) is 41.7 Å². The summed E-state index contributed by atoms with van der Waals surface area (Å²) in [5.41, 5.74) is 5.13. The van der Waals surface area contributed by atoms with E-state index in [1.54, 1.807) is 17.4 Å². The van der Waals surface area contributed by atoms with Crippen LogP contribution in [0.2, 0.25) is 0 Å². The van der Waals surface area contributed by atoms with E-state index in [1.807, 2.05) is 42.5 Å². The average Bonchev–Trinajstić information content (AvgIpc) is 3.38. The number of carbonyl (C=O) groups excluding carboxylic acids is 1. The molecule has 0 radical (unpaired) electrons. The van der Waals surface area contributed by atoms with Crippen LogP contribution < -0.4 is 4.90 Å². The molecule has 2 aromatic heterocycles. The highest BCUT2D eigenvalue weighted by Gasteiger charge is 2.24. The molecule has 1 aliphatic rings. The number of hydrogen-bond donors (Lipinski definition) is 1. The van der Waals surface area contributed by atoms with E-state index < -0.39 is 0 Å². The maximum atomic E-state index is 11.9. The lowest BCUT2D eigenvalue weighted by molar-refractivity contribution is 0.0601. The van der Waals surface area contributed by atoms with Gasteiger partial charge in [0.1, 0.15) is 5.01 Å². The molecule has 0 saturated carbocycles. The molecule has 5 rings (SSSR count). The molecule has 7 heteroatoms. The van der Waals surface area contributed by atoms with Crippen molar-refractivity contribution >= 4 is 33.3 Å². The van der Waals surface area contributed by atoms with Crippen LogP contribution in [0.15, 0.2) is 48.5 Å². The Morgan fingerprint density at radius 1 is 1.18 bits per heavy atom. The number of carbonyl (C=O) groups is 1. The summed E-state index contributed by atoms with van der Waals surface area (Å²) in [6, 6.07) is 15.8. The highest BCUT2D eigenvalue weighted by Crippen LogP contribution is 2.34. The molecule has 2 aromatic carbocycles. The Morgan fingerprint density at radius 2 is 2.04 bits per heavy atom. The first-order valence-electron chi connectivity index (χ1n) is 9.08. The molecule has 1 N–H and O–H groups in total. The minimum absolute atomic E-state index is 0.318. The van der Waals surface area contributed by atoms with Crippen LogP contribution in [0, 0.1) is 0 Å². The molecule has 0 spiro atoms. The summed E-state index contributed by atoms with van der Waals surface area (Å²) in [4.78, 5) is 17.7. The number of hydrogen-bond acceptors (Lipinski definition) is 6. The van der Waals surface area contributed by atoms with Gasteiger partial charge in [0.15, 0.2) is 0 Å². The van der Waals surface area contributed by atoms with Gasteiger partial charge >= 0.3 is 5.97 Å². The number of H-pyrrole nitrogens is 1. The van der Waals surface area contributed by atoms with Crippen molar-refractivity contribution < 1.29 is 9.53 Å². The summed E-state index contributed by atoms with van der Waals surface area (Å²) in [5.74, 6) is -0.318. The Labute approximate surface area is 165 Å². The summed E-state index contributed by atoms with van der Waals surface area (Å²) in [7, 11) is 1.40. The van der Waals surface area contributed by atoms with E-state index >= 15 is 0 Å². The van der Waals surface area contributed by atoms with Crippen LogP contribution in [-0.4, -0.2) is 34.8 Å². The minimum Gasteiger partial charge on any atom is -0.465 e. The van der Waals surface area contributed by atoms with Crippen molar-refractivity contribution in [3.8, 4) is 10.6 Å². The number of nitrogens with zero attached hydrogens (tertiary/aromatic N) is 3. The molecule has 28 heavy (non-hydrogen) atoms. The average molecular weight is 390 g/mol. The second kappa shape index (κ2) is 6.76. The number of anilines is 1. The molecule has 0 amide bonds. The largest absolute Gasteiger partial charge is 0.465 e. The molecule has 0 saturated heterocycles. The number of aromatic nitrogens is 3. The van der Waals surface area contributed by atoms with Gasteiger partial charge in [-0.3, -0.25) is 0 Å². The lowest BCUT2D eigenvalue weighted by atomic mass is 10.0. The van der Waals surface area contributed by atoms with E-state index in [1.165, 1.54) is 18.4 Å². The van der Waals surface area contributed by atoms with Crippen molar-refractivity contribution in [3.63, 3.8) is 0 Å². The van der Waals surface area contributed by atoms with E-state index in [2.05, 4.69) is 20.1 Å². The van der Waals surface area contributed by atoms with E-state index in [9.17, 15) is 4.79 Å².